The van der Waals surface area contributed by atoms with Crippen LogP contribution < -0.4 is 5.73 Å². The molecule has 0 fully saturated rings. The molecule has 0 radical (unpaired) electrons. The highest BCUT2D eigenvalue weighted by atomic mass is 16.6. The van der Waals surface area contributed by atoms with Gasteiger partial charge in [-0.1, -0.05) is 0 Å². The van der Waals surface area contributed by atoms with E-state index in [1.165, 1.54) is 0 Å². The molecule has 0 spiro atoms. The standard InChI is InChI=1S/C6H12N2O3/c7-6(9)4-2-1-3-5-8(10)11/h1-5H2,(H2,7,9). The molecule has 0 aromatic heterocycles. The van der Waals surface area contributed by atoms with E-state index in [2.05, 4.69) is 0 Å². The summed E-state index contributed by atoms with van der Waals surface area (Å²) in [4.78, 5) is 19.6. The maximum absolute atomic E-state index is 10.2. The van der Waals surface area contributed by atoms with Gasteiger partial charge in [0.05, 0.1) is 0 Å². The number of rotatable bonds is 6. The van der Waals surface area contributed by atoms with Gasteiger partial charge in [-0.2, -0.15) is 0 Å². The molecule has 1 amide bonds. The summed E-state index contributed by atoms with van der Waals surface area (Å²) in [6.07, 6.45) is 2.21. The largest absolute Gasteiger partial charge is 0.370 e. The minimum absolute atomic E-state index is 0.0151. The van der Waals surface area contributed by atoms with Crippen LogP contribution in [0.5, 0.6) is 0 Å². The normalized spacial score (nSPS) is 9.45. The van der Waals surface area contributed by atoms with Crippen LogP contribution in [0.4, 0.5) is 0 Å². The molecule has 0 aliphatic rings. The van der Waals surface area contributed by atoms with Crippen molar-refractivity contribution in [2.45, 2.75) is 25.7 Å². The van der Waals surface area contributed by atoms with Crippen molar-refractivity contribution in [3.63, 3.8) is 0 Å². The Kier molecular flexibility index (Phi) is 5.06. The van der Waals surface area contributed by atoms with Crippen LogP contribution in [0.3, 0.4) is 0 Å². The van der Waals surface area contributed by atoms with Crippen LogP contribution in [0.2, 0.25) is 0 Å². The Labute approximate surface area is 64.7 Å². The van der Waals surface area contributed by atoms with E-state index in [4.69, 9.17) is 5.73 Å². The fourth-order valence-electron chi connectivity index (χ4n) is 0.717. The van der Waals surface area contributed by atoms with Crippen molar-refractivity contribution in [1.29, 1.82) is 0 Å². The van der Waals surface area contributed by atoms with Gasteiger partial charge in [0.25, 0.3) is 0 Å². The third kappa shape index (κ3) is 8.87. The summed E-state index contributed by atoms with van der Waals surface area (Å²) in [7, 11) is 0. The Morgan fingerprint density at radius 2 is 2.00 bits per heavy atom. The molecule has 0 atom stereocenters. The predicted molar refractivity (Wildman–Crippen MR) is 39.5 cm³/mol. The number of hydrogen-bond donors (Lipinski definition) is 1. The quantitative estimate of drug-likeness (QED) is 0.344. The highest BCUT2D eigenvalue weighted by Crippen LogP contribution is 1.98. The third-order valence-corrected chi connectivity index (χ3v) is 1.26. The highest BCUT2D eigenvalue weighted by Gasteiger charge is 1.98. The molecule has 64 valence electrons. The van der Waals surface area contributed by atoms with E-state index < -0.39 is 0 Å². The molecule has 11 heavy (non-hydrogen) atoms. The number of hydrogen-bond acceptors (Lipinski definition) is 3. The molecule has 5 nitrogen and oxygen atoms in total. The lowest BCUT2D eigenvalue weighted by Gasteiger charge is -1.93. The van der Waals surface area contributed by atoms with E-state index in [0.717, 1.165) is 0 Å². The summed E-state index contributed by atoms with van der Waals surface area (Å²) in [5, 5.41) is 9.81. The average molecular weight is 160 g/mol. The van der Waals surface area contributed by atoms with E-state index in [1.807, 2.05) is 0 Å². The maximum Gasteiger partial charge on any atom is 0.217 e. The van der Waals surface area contributed by atoms with Crippen LogP contribution in [-0.4, -0.2) is 17.4 Å². The molecular formula is C6H12N2O3. The van der Waals surface area contributed by atoms with E-state index in [0.29, 0.717) is 25.7 Å². The van der Waals surface area contributed by atoms with Gasteiger partial charge in [0.2, 0.25) is 12.5 Å². The van der Waals surface area contributed by atoms with Crippen LogP contribution in [0.15, 0.2) is 0 Å². The van der Waals surface area contributed by atoms with Crippen molar-refractivity contribution < 1.29 is 9.72 Å². The summed E-state index contributed by atoms with van der Waals surface area (Å²) in [5.41, 5.74) is 4.86. The molecule has 0 aromatic rings. The summed E-state index contributed by atoms with van der Waals surface area (Å²) in [6.45, 7) is -0.0151. The van der Waals surface area contributed by atoms with Gasteiger partial charge < -0.3 is 5.73 Å². The summed E-state index contributed by atoms with van der Waals surface area (Å²) in [5.74, 6) is -0.342. The number of amides is 1. The van der Waals surface area contributed by atoms with Crippen LogP contribution in [0, 0.1) is 10.1 Å². The fourth-order valence-corrected chi connectivity index (χ4v) is 0.717. The van der Waals surface area contributed by atoms with Gasteiger partial charge in [0, 0.05) is 17.8 Å². The van der Waals surface area contributed by atoms with Gasteiger partial charge in [-0.15, -0.1) is 0 Å². The van der Waals surface area contributed by atoms with Gasteiger partial charge in [-0.3, -0.25) is 14.9 Å². The van der Waals surface area contributed by atoms with Gasteiger partial charge in [0.15, 0.2) is 0 Å². The van der Waals surface area contributed by atoms with Crippen molar-refractivity contribution in [2.24, 2.45) is 5.73 Å². The molecule has 0 rings (SSSR count). The minimum atomic E-state index is -0.357. The van der Waals surface area contributed by atoms with E-state index in [9.17, 15) is 14.9 Å². The molecule has 0 heterocycles. The molecule has 2 N–H and O–H groups in total. The van der Waals surface area contributed by atoms with Gasteiger partial charge in [0.1, 0.15) is 0 Å². The molecule has 0 unspecified atom stereocenters. The Balaban J connectivity index is 3.03. The van der Waals surface area contributed by atoms with Crippen molar-refractivity contribution in [3.8, 4) is 0 Å². The maximum atomic E-state index is 10.2. The van der Waals surface area contributed by atoms with Crippen LogP contribution >= 0.6 is 0 Å². The Morgan fingerprint density at radius 1 is 1.36 bits per heavy atom. The van der Waals surface area contributed by atoms with Crippen LogP contribution in [0.25, 0.3) is 0 Å². The molecule has 0 aliphatic carbocycles. The van der Waals surface area contributed by atoms with E-state index in [1.54, 1.807) is 0 Å². The lowest BCUT2D eigenvalue weighted by Crippen LogP contribution is -2.09. The zero-order valence-electron chi connectivity index (χ0n) is 6.28. The first-order valence-electron chi connectivity index (χ1n) is 3.53. The zero-order chi connectivity index (χ0) is 8.69. The SMILES string of the molecule is NC(=O)CCCCC[N+](=O)[O-]. The summed E-state index contributed by atoms with van der Waals surface area (Å²) >= 11 is 0. The number of nitro groups is 1. The molecule has 0 aliphatic heterocycles. The van der Waals surface area contributed by atoms with Crippen LogP contribution in [-0.2, 0) is 4.79 Å². The lowest BCUT2D eigenvalue weighted by molar-refractivity contribution is -0.480. The average Bonchev–Trinajstić information content (AvgIpc) is 1.85. The fraction of sp³-hybridized carbons (Fsp3) is 0.833. The van der Waals surface area contributed by atoms with Crippen molar-refractivity contribution >= 4 is 5.91 Å². The first kappa shape index (κ1) is 9.87. The first-order chi connectivity index (χ1) is 5.13. The number of nitrogens with zero attached hydrogens (tertiary/aromatic N) is 1. The van der Waals surface area contributed by atoms with Crippen molar-refractivity contribution in [1.82, 2.24) is 0 Å². The molecule has 0 saturated carbocycles. The molecular weight excluding hydrogens is 148 g/mol. The number of nitrogens with two attached hydrogens (primary N) is 1. The molecule has 0 aromatic carbocycles. The third-order valence-electron chi connectivity index (χ3n) is 1.26. The van der Waals surface area contributed by atoms with Gasteiger partial charge >= 0.3 is 0 Å². The summed E-state index contributed by atoms with van der Waals surface area (Å²) < 4.78 is 0. The van der Waals surface area contributed by atoms with Gasteiger partial charge in [-0.25, -0.2) is 0 Å². The van der Waals surface area contributed by atoms with E-state index in [-0.39, 0.29) is 17.4 Å². The monoisotopic (exact) mass is 160 g/mol. The molecule has 0 bridgehead atoms. The highest BCUT2D eigenvalue weighted by molar-refractivity contribution is 5.73. The second-order valence-electron chi connectivity index (χ2n) is 2.33. The molecule has 0 saturated heterocycles. The predicted octanol–water partition coefficient (Wildman–Crippen LogP) is 0.309. The summed E-state index contributed by atoms with van der Waals surface area (Å²) in [6, 6.07) is 0. The number of primary amides is 1. The van der Waals surface area contributed by atoms with Crippen molar-refractivity contribution in [3.05, 3.63) is 10.1 Å². The zero-order valence-corrected chi connectivity index (χ0v) is 6.28. The lowest BCUT2D eigenvalue weighted by atomic mass is 10.2. The first-order valence-corrected chi connectivity index (χ1v) is 3.53. The Hall–Kier alpha value is -1.13. The van der Waals surface area contributed by atoms with Gasteiger partial charge in [-0.05, 0) is 12.8 Å². The van der Waals surface area contributed by atoms with Crippen LogP contribution in [0.1, 0.15) is 25.7 Å². The topological polar surface area (TPSA) is 86.2 Å². The van der Waals surface area contributed by atoms with E-state index >= 15 is 0 Å². The second kappa shape index (κ2) is 5.64. The number of unbranched alkanes of at least 4 members (excludes halogenated alkanes) is 2. The number of carbonyl (C=O) groups is 1. The number of carbonyl (C=O) groups excluding carboxylic acids is 1. The second-order valence-corrected chi connectivity index (χ2v) is 2.33. The Morgan fingerprint density at radius 3 is 2.45 bits per heavy atom. The molecule has 5 heteroatoms. The Bertz CT molecular complexity index is 131. The smallest absolute Gasteiger partial charge is 0.217 e. The minimum Gasteiger partial charge on any atom is -0.370 e. The van der Waals surface area contributed by atoms with Crippen molar-refractivity contribution in [2.75, 3.05) is 6.54 Å².